The van der Waals surface area contributed by atoms with Crippen LogP contribution < -0.4 is 4.90 Å². The molecule has 0 unspecified atom stereocenters. The minimum atomic E-state index is -3.99. The molecule has 3 aromatic carbocycles. The highest BCUT2D eigenvalue weighted by Crippen LogP contribution is 2.45. The maximum Gasteiger partial charge on any atom is 0.737 e. The Morgan fingerprint density at radius 2 is 1.38 bits per heavy atom. The predicted octanol–water partition coefficient (Wildman–Crippen LogP) is 8.86. The number of aryl methyl sites for hydroxylation is 2. The first kappa shape index (κ1) is 29.4. The standard InChI is InChI=1S/C37H36BF2N3OS/c1-23-21-25(3)42-34(23)33(35-24(2)22-26(4)43(35)38(42,39)40)29-11-7-27(8-12-29)28-9-13-30(14-10-28)36-37(45-20-19-44-36)31-15-17-32(18-16-31)41(5)6/h7-18,21-22H,19-20H2,1-6H3. The van der Waals surface area contributed by atoms with Gasteiger partial charge in [-0.15, -0.1) is 11.8 Å². The van der Waals surface area contributed by atoms with Crippen molar-refractivity contribution in [3.63, 3.8) is 0 Å². The Morgan fingerprint density at radius 1 is 0.800 bits per heavy atom. The molecule has 0 saturated carbocycles. The molecule has 3 aliphatic heterocycles. The average molecular weight is 620 g/mol. The van der Waals surface area contributed by atoms with E-state index in [0.29, 0.717) is 29.4 Å². The lowest BCUT2D eigenvalue weighted by atomic mass is 9.83. The number of hydrogen-bond donors (Lipinski definition) is 0. The Hall–Kier alpha value is -4.30. The van der Waals surface area contributed by atoms with Gasteiger partial charge in [0.2, 0.25) is 0 Å². The summed E-state index contributed by atoms with van der Waals surface area (Å²) in [6.07, 6.45) is 1.87. The molecule has 45 heavy (non-hydrogen) atoms. The Balaban J connectivity index is 1.24. The van der Waals surface area contributed by atoms with Crippen molar-refractivity contribution >= 4 is 46.4 Å². The predicted molar refractivity (Wildman–Crippen MR) is 186 cm³/mol. The molecule has 0 radical (unpaired) electrons. The first-order valence-electron chi connectivity index (χ1n) is 15.3. The summed E-state index contributed by atoms with van der Waals surface area (Å²) in [6, 6.07) is 27.3. The molecular formula is C37H36BF2N3OS. The molecular weight excluding hydrogens is 583 g/mol. The van der Waals surface area contributed by atoms with Crippen LogP contribution in [0.4, 0.5) is 14.3 Å². The molecule has 0 fully saturated rings. The van der Waals surface area contributed by atoms with Crippen molar-refractivity contribution in [1.29, 1.82) is 0 Å². The fourth-order valence-electron chi connectivity index (χ4n) is 6.97. The molecule has 4 nitrogen and oxygen atoms in total. The highest BCUT2D eigenvalue weighted by Gasteiger charge is 2.55. The second kappa shape index (κ2) is 10.9. The number of rotatable bonds is 5. The van der Waals surface area contributed by atoms with Crippen molar-refractivity contribution < 1.29 is 17.9 Å². The average Bonchev–Trinajstić information content (AvgIpc) is 3.52. The van der Waals surface area contributed by atoms with Gasteiger partial charge >= 0.3 is 6.97 Å². The molecule has 3 aliphatic rings. The third kappa shape index (κ3) is 4.78. The maximum atomic E-state index is 16.0. The van der Waals surface area contributed by atoms with Crippen LogP contribution in [0.25, 0.3) is 27.4 Å². The van der Waals surface area contributed by atoms with Gasteiger partial charge in [-0.1, -0.05) is 60.7 Å². The van der Waals surface area contributed by atoms with Crippen molar-refractivity contribution in [3.05, 3.63) is 130 Å². The van der Waals surface area contributed by atoms with E-state index in [1.165, 1.54) is 8.96 Å². The quantitative estimate of drug-likeness (QED) is 0.208. The van der Waals surface area contributed by atoms with E-state index < -0.39 is 6.97 Å². The second-order valence-electron chi connectivity index (χ2n) is 12.3. The Kier molecular flexibility index (Phi) is 7.16. The topological polar surface area (TPSA) is 20.4 Å². The van der Waals surface area contributed by atoms with Gasteiger partial charge in [0, 0.05) is 55.4 Å². The zero-order chi connectivity index (χ0) is 31.6. The summed E-state index contributed by atoms with van der Waals surface area (Å²) in [6.45, 7) is 4.08. The van der Waals surface area contributed by atoms with Crippen molar-refractivity contribution in [2.75, 3.05) is 31.4 Å². The lowest BCUT2D eigenvalue weighted by molar-refractivity contribution is -0.363. The number of thioether (sulfide) groups is 1. The van der Waals surface area contributed by atoms with Crippen LogP contribution in [-0.4, -0.2) is 48.1 Å². The maximum absolute atomic E-state index is 16.0. The van der Waals surface area contributed by atoms with E-state index in [4.69, 9.17) is 4.74 Å². The number of ether oxygens (including phenoxy) is 1. The molecule has 228 valence electrons. The van der Waals surface area contributed by atoms with Crippen LogP contribution in [0.15, 0.2) is 96.2 Å². The monoisotopic (exact) mass is 619 g/mol. The molecule has 0 bridgehead atoms. The van der Waals surface area contributed by atoms with Crippen LogP contribution in [0.3, 0.4) is 0 Å². The van der Waals surface area contributed by atoms with Gasteiger partial charge in [0.1, 0.15) is 11.5 Å². The van der Waals surface area contributed by atoms with Gasteiger partial charge in [-0.25, -0.2) is 0 Å². The molecule has 0 N–H and O–H groups in total. The minimum absolute atomic E-state index is 0.572. The summed E-state index contributed by atoms with van der Waals surface area (Å²) in [7, 11) is 4.09. The fraction of sp³-hybridized carbons (Fsp3) is 0.216. The van der Waals surface area contributed by atoms with Crippen molar-refractivity contribution in [3.8, 4) is 11.1 Å². The Bertz CT molecular complexity index is 1970. The lowest BCUT2D eigenvalue weighted by Crippen LogP contribution is -2.51. The molecule has 0 aliphatic carbocycles. The van der Waals surface area contributed by atoms with Gasteiger partial charge in [-0.2, -0.15) is 0 Å². The minimum Gasteiger partial charge on any atom is -0.491 e. The molecule has 0 amide bonds. The molecule has 0 saturated heterocycles. The van der Waals surface area contributed by atoms with Crippen LogP contribution >= 0.6 is 11.8 Å². The number of nitrogens with zero attached hydrogens (tertiary/aromatic N) is 3. The van der Waals surface area contributed by atoms with Crippen LogP contribution in [-0.2, 0) is 4.74 Å². The zero-order valence-electron chi connectivity index (χ0n) is 26.5. The van der Waals surface area contributed by atoms with E-state index in [2.05, 4.69) is 77.7 Å². The number of fused-ring (bicyclic) bond motifs is 2. The highest BCUT2D eigenvalue weighted by molar-refractivity contribution is 8.08. The first-order valence-corrected chi connectivity index (χ1v) is 16.3. The number of benzene rings is 3. The Labute approximate surface area is 268 Å². The smallest absolute Gasteiger partial charge is 0.491 e. The van der Waals surface area contributed by atoms with Crippen molar-refractivity contribution in [2.24, 2.45) is 0 Å². The number of allylic oxidation sites excluding steroid dienone is 2. The van der Waals surface area contributed by atoms with E-state index in [1.807, 2.05) is 51.8 Å². The van der Waals surface area contributed by atoms with Gasteiger partial charge in [0.15, 0.2) is 5.70 Å². The normalized spacial score (nSPS) is 17.3. The van der Waals surface area contributed by atoms with Crippen molar-refractivity contribution in [2.45, 2.75) is 27.7 Å². The molecule has 4 aromatic rings. The van der Waals surface area contributed by atoms with E-state index in [9.17, 15) is 0 Å². The van der Waals surface area contributed by atoms with Gasteiger partial charge in [0.05, 0.1) is 17.1 Å². The molecule has 1 aromatic heterocycles. The third-order valence-corrected chi connectivity index (χ3v) is 10.1. The summed E-state index contributed by atoms with van der Waals surface area (Å²) in [4.78, 5) is 3.26. The van der Waals surface area contributed by atoms with Crippen molar-refractivity contribution in [1.82, 2.24) is 4.48 Å². The molecule has 0 spiro atoms. The largest absolute Gasteiger partial charge is 0.737 e. The van der Waals surface area contributed by atoms with E-state index in [0.717, 1.165) is 66.6 Å². The third-order valence-electron chi connectivity index (χ3n) is 9.02. The summed E-state index contributed by atoms with van der Waals surface area (Å²) < 4.78 is 40.7. The van der Waals surface area contributed by atoms with Crippen LogP contribution in [0.1, 0.15) is 47.5 Å². The molecule has 0 atom stereocenters. The fourth-order valence-corrected chi connectivity index (χ4v) is 7.96. The van der Waals surface area contributed by atoms with Crippen LogP contribution in [0, 0.1) is 13.8 Å². The first-order chi connectivity index (χ1) is 21.6. The van der Waals surface area contributed by atoms with Gasteiger partial charge in [0.25, 0.3) is 0 Å². The molecule has 8 heteroatoms. The molecule has 7 rings (SSSR count). The van der Waals surface area contributed by atoms with Crippen LogP contribution in [0.5, 0.6) is 0 Å². The van der Waals surface area contributed by atoms with Gasteiger partial charge < -0.3 is 27.2 Å². The van der Waals surface area contributed by atoms with E-state index in [-0.39, 0.29) is 0 Å². The SMILES string of the molecule is CC1=CC(C)=[N+]2C1=C(c1ccc(-c3ccc(C4=C(c5ccc(N(C)C)cc5)SCCO4)cc3)cc1)c1c(C)cc(C)n1[B-]2(F)F. The number of anilines is 1. The summed E-state index contributed by atoms with van der Waals surface area (Å²) in [5.41, 5.74) is 11.4. The Morgan fingerprint density at radius 3 is 2.00 bits per heavy atom. The van der Waals surface area contributed by atoms with E-state index in [1.54, 1.807) is 13.8 Å². The van der Waals surface area contributed by atoms with Crippen LogP contribution in [0.2, 0.25) is 0 Å². The summed E-state index contributed by atoms with van der Waals surface area (Å²) in [5, 5.41) is 0. The van der Waals surface area contributed by atoms with Gasteiger partial charge in [-0.3, -0.25) is 0 Å². The summed E-state index contributed by atoms with van der Waals surface area (Å²) >= 11 is 1.83. The summed E-state index contributed by atoms with van der Waals surface area (Å²) in [5.74, 6) is 1.84. The number of aromatic nitrogens is 1. The van der Waals surface area contributed by atoms with E-state index >= 15 is 8.63 Å². The second-order valence-corrected chi connectivity index (χ2v) is 13.4. The number of halogens is 2. The zero-order valence-corrected chi connectivity index (χ0v) is 27.3. The molecule has 4 heterocycles. The lowest BCUT2D eigenvalue weighted by Gasteiger charge is -2.34. The highest BCUT2D eigenvalue weighted by atomic mass is 32.2. The number of hydrogen-bond acceptors (Lipinski definition) is 3. The van der Waals surface area contributed by atoms with Gasteiger partial charge in [-0.05, 0) is 72.5 Å².